The van der Waals surface area contributed by atoms with Gasteiger partial charge in [0.1, 0.15) is 6.17 Å². The Morgan fingerprint density at radius 1 is 1.15 bits per heavy atom. The zero-order valence-electron chi connectivity index (χ0n) is 19.1. The minimum atomic E-state index is -0.325. The van der Waals surface area contributed by atoms with E-state index in [-0.39, 0.29) is 29.7 Å². The molecule has 3 heterocycles. The number of thioether (sulfide) groups is 1. The zero-order valence-corrected chi connectivity index (χ0v) is 19.9. The zero-order chi connectivity index (χ0) is 23.7. The Hall–Kier alpha value is -3.08. The summed E-state index contributed by atoms with van der Waals surface area (Å²) < 4.78 is 10.8. The molecule has 0 radical (unpaired) electrons. The fraction of sp³-hybridized carbons (Fsp3) is 0.375. The van der Waals surface area contributed by atoms with Crippen LogP contribution in [0.5, 0.6) is 11.5 Å². The molecule has 2 atom stereocenters. The third kappa shape index (κ3) is 4.24. The number of amidine groups is 1. The van der Waals surface area contributed by atoms with Gasteiger partial charge in [-0.25, -0.2) is 10.4 Å². The van der Waals surface area contributed by atoms with Crippen molar-refractivity contribution >= 4 is 34.4 Å². The largest absolute Gasteiger partial charge is 0.493 e. The van der Waals surface area contributed by atoms with Gasteiger partial charge in [0.25, 0.3) is 0 Å². The van der Waals surface area contributed by atoms with Gasteiger partial charge in [-0.1, -0.05) is 30.0 Å². The van der Waals surface area contributed by atoms with Gasteiger partial charge in [-0.15, -0.1) is 0 Å². The topological polar surface area (TPSA) is 95.5 Å². The molecule has 2 N–H and O–H groups in total. The van der Waals surface area contributed by atoms with E-state index in [9.17, 15) is 9.59 Å². The monoisotopic (exact) mass is 481 g/mol. The highest BCUT2D eigenvalue weighted by Gasteiger charge is 2.42. The average molecular weight is 482 g/mol. The molecule has 10 heteroatoms. The molecule has 1 saturated heterocycles. The maximum atomic E-state index is 13.2. The van der Waals surface area contributed by atoms with E-state index >= 15 is 0 Å². The number of methoxy groups -OCH3 is 2. The molecule has 0 saturated carbocycles. The van der Waals surface area contributed by atoms with Gasteiger partial charge in [-0.2, -0.15) is 0 Å². The molecular formula is C24H27N5O4S. The number of carbonyl (C=O) groups is 2. The molecule has 2 amide bonds. The first kappa shape index (κ1) is 22.7. The van der Waals surface area contributed by atoms with Crippen molar-refractivity contribution in [1.82, 2.24) is 15.8 Å². The van der Waals surface area contributed by atoms with E-state index in [0.717, 1.165) is 23.2 Å². The molecule has 34 heavy (non-hydrogen) atoms. The van der Waals surface area contributed by atoms with E-state index in [2.05, 4.69) is 10.9 Å². The molecule has 2 aromatic rings. The SMILES string of the molecule is COc1cc2c(cc1OC)CN(C(=O)CSC1=NC3NNCC3C(=O)N1c1ccccc1)CC2. The lowest BCUT2D eigenvalue weighted by molar-refractivity contribution is -0.129. The van der Waals surface area contributed by atoms with Crippen molar-refractivity contribution in [1.29, 1.82) is 0 Å². The van der Waals surface area contributed by atoms with Crippen LogP contribution in [-0.4, -0.2) is 61.1 Å². The molecule has 3 aliphatic rings. The van der Waals surface area contributed by atoms with Crippen LogP contribution in [0.4, 0.5) is 5.69 Å². The lowest BCUT2D eigenvalue weighted by atomic mass is 9.99. The van der Waals surface area contributed by atoms with Crippen molar-refractivity contribution in [2.45, 2.75) is 19.1 Å². The molecular weight excluding hydrogens is 454 g/mol. The van der Waals surface area contributed by atoms with Gasteiger partial charge >= 0.3 is 0 Å². The number of nitrogens with zero attached hydrogens (tertiary/aromatic N) is 3. The van der Waals surface area contributed by atoms with E-state index in [0.29, 0.717) is 36.3 Å². The van der Waals surface area contributed by atoms with E-state index in [4.69, 9.17) is 14.5 Å². The average Bonchev–Trinajstić information content (AvgIpc) is 3.35. The van der Waals surface area contributed by atoms with Crippen LogP contribution in [0.25, 0.3) is 0 Å². The van der Waals surface area contributed by atoms with Gasteiger partial charge in [0.2, 0.25) is 11.8 Å². The smallest absolute Gasteiger partial charge is 0.241 e. The van der Waals surface area contributed by atoms with Crippen LogP contribution in [0.3, 0.4) is 0 Å². The Balaban J connectivity index is 1.31. The molecule has 0 spiro atoms. The Morgan fingerprint density at radius 3 is 2.62 bits per heavy atom. The summed E-state index contributed by atoms with van der Waals surface area (Å²) in [5.74, 6) is 1.27. The fourth-order valence-electron chi connectivity index (χ4n) is 4.50. The number of anilines is 1. The predicted molar refractivity (Wildman–Crippen MR) is 131 cm³/mol. The van der Waals surface area contributed by atoms with Gasteiger partial charge in [0.05, 0.1) is 31.6 Å². The summed E-state index contributed by atoms with van der Waals surface area (Å²) in [6.45, 7) is 1.67. The first-order chi connectivity index (χ1) is 16.6. The van der Waals surface area contributed by atoms with Crippen molar-refractivity contribution < 1.29 is 19.1 Å². The predicted octanol–water partition coefficient (Wildman–Crippen LogP) is 1.77. The van der Waals surface area contributed by atoms with E-state index in [1.165, 1.54) is 11.8 Å². The van der Waals surface area contributed by atoms with Crippen molar-refractivity contribution in [2.24, 2.45) is 10.9 Å². The number of rotatable bonds is 5. The number of hydrogen-bond donors (Lipinski definition) is 2. The highest BCUT2D eigenvalue weighted by atomic mass is 32.2. The number of hydrogen-bond acceptors (Lipinski definition) is 8. The Kier molecular flexibility index (Phi) is 6.44. The van der Waals surface area contributed by atoms with Crippen molar-refractivity contribution in [2.75, 3.05) is 38.0 Å². The second-order valence-electron chi connectivity index (χ2n) is 8.33. The number of amides is 2. The van der Waals surface area contributed by atoms with Crippen LogP contribution in [0.1, 0.15) is 11.1 Å². The third-order valence-corrected chi connectivity index (χ3v) is 7.28. The highest BCUT2D eigenvalue weighted by molar-refractivity contribution is 8.14. The molecule has 9 nitrogen and oxygen atoms in total. The second kappa shape index (κ2) is 9.65. The summed E-state index contributed by atoms with van der Waals surface area (Å²) in [6.07, 6.45) is 0.426. The number of benzene rings is 2. The van der Waals surface area contributed by atoms with Crippen LogP contribution in [-0.2, 0) is 22.6 Å². The van der Waals surface area contributed by atoms with Crippen molar-refractivity contribution in [3.05, 3.63) is 53.6 Å². The van der Waals surface area contributed by atoms with Crippen LogP contribution in [0.15, 0.2) is 47.5 Å². The van der Waals surface area contributed by atoms with Gasteiger partial charge in [0, 0.05) is 19.6 Å². The summed E-state index contributed by atoms with van der Waals surface area (Å²) in [5.41, 5.74) is 9.06. The molecule has 0 bridgehead atoms. The fourth-order valence-corrected chi connectivity index (χ4v) is 5.45. The van der Waals surface area contributed by atoms with Crippen LogP contribution < -0.4 is 25.2 Å². The molecule has 1 fully saturated rings. The summed E-state index contributed by atoms with van der Waals surface area (Å²) in [4.78, 5) is 34.6. The number of aliphatic imine (C=N–C) groups is 1. The minimum Gasteiger partial charge on any atom is -0.493 e. The van der Waals surface area contributed by atoms with Crippen LogP contribution >= 0.6 is 11.8 Å². The maximum Gasteiger partial charge on any atom is 0.241 e. The normalized spacial score (nSPS) is 21.6. The van der Waals surface area contributed by atoms with Gasteiger partial charge in [-0.3, -0.25) is 19.9 Å². The Bertz CT molecular complexity index is 1130. The van der Waals surface area contributed by atoms with Gasteiger partial charge < -0.3 is 14.4 Å². The van der Waals surface area contributed by atoms with Crippen molar-refractivity contribution in [3.63, 3.8) is 0 Å². The van der Waals surface area contributed by atoms with Crippen LogP contribution in [0, 0.1) is 5.92 Å². The van der Waals surface area contributed by atoms with E-state index in [1.54, 1.807) is 19.1 Å². The summed E-state index contributed by atoms with van der Waals surface area (Å²) in [6, 6.07) is 13.4. The molecule has 2 aromatic carbocycles. The quantitative estimate of drug-likeness (QED) is 0.672. The molecule has 178 valence electrons. The highest BCUT2D eigenvalue weighted by Crippen LogP contribution is 2.34. The van der Waals surface area contributed by atoms with Gasteiger partial charge in [-0.05, 0) is 41.8 Å². The maximum absolute atomic E-state index is 13.2. The lowest BCUT2D eigenvalue weighted by Crippen LogP contribution is -2.49. The number of hydrazine groups is 1. The van der Waals surface area contributed by atoms with Gasteiger partial charge in [0.15, 0.2) is 16.7 Å². The number of nitrogens with one attached hydrogen (secondary N) is 2. The van der Waals surface area contributed by atoms with Crippen molar-refractivity contribution in [3.8, 4) is 11.5 Å². The number of carbonyl (C=O) groups excluding carboxylic acids is 2. The summed E-state index contributed by atoms with van der Waals surface area (Å²) >= 11 is 1.30. The van der Waals surface area contributed by atoms with E-state index in [1.807, 2.05) is 47.4 Å². The third-order valence-electron chi connectivity index (χ3n) is 6.34. The number of para-hydroxylation sites is 1. The Labute approximate surface area is 202 Å². The molecule has 5 rings (SSSR count). The second-order valence-corrected chi connectivity index (χ2v) is 9.27. The van der Waals surface area contributed by atoms with E-state index < -0.39 is 0 Å². The molecule has 0 aliphatic carbocycles. The number of ether oxygens (including phenoxy) is 2. The van der Waals surface area contributed by atoms with Crippen LogP contribution in [0.2, 0.25) is 0 Å². The summed E-state index contributed by atoms with van der Waals surface area (Å²) in [7, 11) is 3.23. The number of fused-ring (bicyclic) bond motifs is 2. The standard InChI is InChI=1S/C24H27N5O4S/c1-32-19-10-15-8-9-28(13-16(15)11-20(19)33-2)21(30)14-34-24-26-22-18(12-25-27-22)23(31)29(24)17-6-4-3-5-7-17/h3-7,10-11,18,22,25,27H,8-9,12-14H2,1-2H3. The molecule has 2 unspecified atom stereocenters. The minimum absolute atomic E-state index is 0.00762. The lowest BCUT2D eigenvalue weighted by Gasteiger charge is -2.33. The molecule has 0 aromatic heterocycles. The summed E-state index contributed by atoms with van der Waals surface area (Å²) in [5, 5.41) is 0.533. The first-order valence-electron chi connectivity index (χ1n) is 11.2. The molecule has 3 aliphatic heterocycles. The first-order valence-corrected chi connectivity index (χ1v) is 12.2. The Morgan fingerprint density at radius 2 is 1.88 bits per heavy atom.